The molecule has 2 nitrogen and oxygen atoms in total. The number of hydrogen-bond donors (Lipinski definition) is 1. The summed E-state index contributed by atoms with van der Waals surface area (Å²) in [5.41, 5.74) is 4.23. The van der Waals surface area contributed by atoms with Crippen LogP contribution in [0.25, 0.3) is 0 Å². The fourth-order valence-electron chi connectivity index (χ4n) is 5.27. The topological polar surface area (TPSA) is 29.5 Å². The Bertz CT molecular complexity index is 712. The smallest absolute Gasteiger partial charge is 0.127 e. The van der Waals surface area contributed by atoms with Crippen LogP contribution in [0.4, 0.5) is 0 Å². The molecule has 186 valence electrons. The van der Waals surface area contributed by atoms with Crippen LogP contribution in [0, 0.1) is 38.5 Å². The van der Waals surface area contributed by atoms with Gasteiger partial charge in [-0.2, -0.15) is 0 Å². The van der Waals surface area contributed by atoms with E-state index in [0.717, 1.165) is 59.5 Å². The zero-order chi connectivity index (χ0) is 23.2. The third-order valence-corrected chi connectivity index (χ3v) is 7.87. The highest BCUT2D eigenvalue weighted by molar-refractivity contribution is 5.85. The molecule has 1 aliphatic heterocycles. The second-order valence-corrected chi connectivity index (χ2v) is 11.4. The molecule has 0 radical (unpaired) electrons. The molecule has 1 aromatic carbocycles. The number of ether oxygens (including phenoxy) is 1. The summed E-state index contributed by atoms with van der Waals surface area (Å²) < 4.78 is 6.60. The van der Waals surface area contributed by atoms with Gasteiger partial charge in [-0.25, -0.2) is 0 Å². The van der Waals surface area contributed by atoms with Crippen molar-refractivity contribution in [2.45, 2.75) is 132 Å². The Morgan fingerprint density at radius 3 is 1.91 bits per heavy atom. The first-order chi connectivity index (χ1) is 14.5. The number of aromatic hydroxyl groups is 1. The summed E-state index contributed by atoms with van der Waals surface area (Å²) in [6.45, 7) is 17.9. The van der Waals surface area contributed by atoms with E-state index in [2.05, 4.69) is 41.5 Å². The summed E-state index contributed by atoms with van der Waals surface area (Å²) in [6, 6.07) is 0. The molecule has 0 spiro atoms. The lowest BCUT2D eigenvalue weighted by molar-refractivity contribution is 0.0512. The van der Waals surface area contributed by atoms with Crippen molar-refractivity contribution in [3.63, 3.8) is 0 Å². The van der Waals surface area contributed by atoms with Gasteiger partial charge in [0.2, 0.25) is 0 Å². The fraction of sp³-hybridized carbons (Fsp3) is 0.793. The largest absolute Gasteiger partial charge is 0.507 e. The van der Waals surface area contributed by atoms with Gasteiger partial charge >= 0.3 is 0 Å². The number of hydrogen-bond acceptors (Lipinski definition) is 2. The lowest BCUT2D eigenvalue weighted by Crippen LogP contribution is -2.37. The van der Waals surface area contributed by atoms with Crippen molar-refractivity contribution < 1.29 is 9.84 Å². The molecule has 1 aromatic rings. The van der Waals surface area contributed by atoms with Crippen molar-refractivity contribution in [3.8, 4) is 11.5 Å². The van der Waals surface area contributed by atoms with Crippen molar-refractivity contribution in [1.29, 1.82) is 0 Å². The van der Waals surface area contributed by atoms with Crippen molar-refractivity contribution in [3.05, 3.63) is 22.3 Å². The van der Waals surface area contributed by atoms with E-state index in [-0.39, 0.29) is 18.0 Å². The molecule has 1 aliphatic rings. The van der Waals surface area contributed by atoms with Crippen molar-refractivity contribution in [1.82, 2.24) is 0 Å². The van der Waals surface area contributed by atoms with E-state index >= 15 is 0 Å². The van der Waals surface area contributed by atoms with Crippen LogP contribution < -0.4 is 4.74 Å². The van der Waals surface area contributed by atoms with Gasteiger partial charge in [-0.15, -0.1) is 12.4 Å². The maximum atomic E-state index is 10.4. The van der Waals surface area contributed by atoms with Crippen molar-refractivity contribution >= 4 is 12.4 Å². The van der Waals surface area contributed by atoms with E-state index in [1.807, 2.05) is 13.8 Å². The van der Waals surface area contributed by atoms with Gasteiger partial charge in [-0.3, -0.25) is 0 Å². The highest BCUT2D eigenvalue weighted by Gasteiger charge is 2.34. The number of phenols is 1. The molecule has 0 unspecified atom stereocenters. The molecular weight excluding hydrogens is 416 g/mol. The molecule has 1 N–H and O–H groups in total. The summed E-state index contributed by atoms with van der Waals surface area (Å²) in [5.74, 6) is 4.04. The van der Waals surface area contributed by atoms with Crippen molar-refractivity contribution in [2.75, 3.05) is 0 Å². The zero-order valence-corrected chi connectivity index (χ0v) is 23.1. The van der Waals surface area contributed by atoms with Crippen LogP contribution in [0.5, 0.6) is 11.5 Å². The maximum absolute atomic E-state index is 10.4. The Balaban J connectivity index is 0.00000512. The first-order valence-corrected chi connectivity index (χ1v) is 13.0. The third-order valence-electron chi connectivity index (χ3n) is 7.87. The van der Waals surface area contributed by atoms with Crippen LogP contribution in [0.15, 0.2) is 0 Å². The summed E-state index contributed by atoms with van der Waals surface area (Å²) in [5, 5.41) is 10.4. The Morgan fingerprint density at radius 2 is 1.34 bits per heavy atom. The molecule has 3 atom stereocenters. The lowest BCUT2D eigenvalue weighted by Gasteiger charge is -2.38. The quantitative estimate of drug-likeness (QED) is 0.332. The van der Waals surface area contributed by atoms with Gasteiger partial charge < -0.3 is 9.84 Å². The SMILES string of the molecule is Cc1c(C)c2c(c(C)c1O)CC[C@](C)(CCC[C@H](C)CCC[C@@H](C)CCCC(C)C)O2.Cl. The van der Waals surface area contributed by atoms with E-state index in [9.17, 15) is 5.11 Å². The molecule has 0 fully saturated rings. The minimum atomic E-state index is -0.0712. The summed E-state index contributed by atoms with van der Waals surface area (Å²) >= 11 is 0. The normalized spacial score (nSPS) is 19.8. The number of phenolic OH excluding ortho intramolecular Hbond substituents is 1. The molecule has 0 saturated carbocycles. The molecule has 3 heteroatoms. The molecule has 0 aliphatic carbocycles. The van der Waals surface area contributed by atoms with Gasteiger partial charge in [0.25, 0.3) is 0 Å². The monoisotopic (exact) mass is 466 g/mol. The number of fused-ring (bicyclic) bond motifs is 1. The molecule has 0 amide bonds. The second kappa shape index (κ2) is 13.1. The maximum Gasteiger partial charge on any atom is 0.127 e. The Kier molecular flexibility index (Phi) is 11.9. The summed E-state index contributed by atoms with van der Waals surface area (Å²) in [6.07, 6.45) is 14.1. The molecule has 0 aromatic heterocycles. The van der Waals surface area contributed by atoms with Gasteiger partial charge in [0.1, 0.15) is 17.1 Å². The molecule has 1 heterocycles. The van der Waals surface area contributed by atoms with Crippen molar-refractivity contribution in [2.24, 2.45) is 17.8 Å². The Hall–Kier alpha value is -0.890. The molecule has 0 saturated heterocycles. The summed E-state index contributed by atoms with van der Waals surface area (Å²) in [7, 11) is 0. The van der Waals surface area contributed by atoms with Crippen LogP contribution in [-0.2, 0) is 6.42 Å². The van der Waals surface area contributed by atoms with E-state index in [0.29, 0.717) is 5.75 Å². The van der Waals surface area contributed by atoms with Crippen LogP contribution in [-0.4, -0.2) is 10.7 Å². The number of rotatable bonds is 12. The van der Waals surface area contributed by atoms with Crippen LogP contribution >= 0.6 is 12.4 Å². The van der Waals surface area contributed by atoms with Gasteiger partial charge in [-0.1, -0.05) is 72.6 Å². The zero-order valence-electron chi connectivity index (χ0n) is 22.3. The average Bonchev–Trinajstić information content (AvgIpc) is 2.70. The first kappa shape index (κ1) is 29.1. The fourth-order valence-corrected chi connectivity index (χ4v) is 5.27. The average molecular weight is 467 g/mol. The van der Waals surface area contributed by atoms with E-state index in [1.165, 1.54) is 56.9 Å². The van der Waals surface area contributed by atoms with Gasteiger partial charge in [0, 0.05) is 5.56 Å². The van der Waals surface area contributed by atoms with Gasteiger partial charge in [0.15, 0.2) is 0 Å². The highest BCUT2D eigenvalue weighted by Crippen LogP contribution is 2.44. The lowest BCUT2D eigenvalue weighted by atomic mass is 9.84. The predicted molar refractivity (Wildman–Crippen MR) is 142 cm³/mol. The predicted octanol–water partition coefficient (Wildman–Crippen LogP) is 9.26. The van der Waals surface area contributed by atoms with E-state index in [4.69, 9.17) is 4.74 Å². The van der Waals surface area contributed by atoms with Crippen LogP contribution in [0.3, 0.4) is 0 Å². The molecule has 2 rings (SSSR count). The molecule has 0 bridgehead atoms. The highest BCUT2D eigenvalue weighted by atomic mass is 35.5. The molecule has 32 heavy (non-hydrogen) atoms. The van der Waals surface area contributed by atoms with E-state index in [1.54, 1.807) is 0 Å². The summed E-state index contributed by atoms with van der Waals surface area (Å²) in [4.78, 5) is 0. The van der Waals surface area contributed by atoms with E-state index < -0.39 is 0 Å². The Labute approximate surface area is 205 Å². The Morgan fingerprint density at radius 1 is 0.812 bits per heavy atom. The van der Waals surface area contributed by atoms with Crippen LogP contribution in [0.1, 0.15) is 121 Å². The number of halogens is 1. The minimum absolute atomic E-state index is 0. The molecular formula is C29H51ClO2. The standard InChI is InChI=1S/C29H50O2.ClH/c1-20(2)12-9-13-21(3)14-10-15-22(4)16-11-18-29(8)19-17-26-25(7)27(30)23(5)24(6)28(26)31-29;/h20-22,30H,9-19H2,1-8H3;1H/t21-,22+,29-;/m0./s1. The van der Waals surface area contributed by atoms with Gasteiger partial charge in [-0.05, 0) is 87.8 Å². The number of benzene rings is 1. The second-order valence-electron chi connectivity index (χ2n) is 11.4. The van der Waals surface area contributed by atoms with Crippen LogP contribution in [0.2, 0.25) is 0 Å². The third kappa shape index (κ3) is 8.15. The minimum Gasteiger partial charge on any atom is -0.507 e. The first-order valence-electron chi connectivity index (χ1n) is 13.0. The van der Waals surface area contributed by atoms with Gasteiger partial charge in [0.05, 0.1) is 0 Å².